The van der Waals surface area contributed by atoms with Gasteiger partial charge in [-0.25, -0.2) is 8.42 Å². The van der Waals surface area contributed by atoms with Gasteiger partial charge < -0.3 is 10.2 Å². The van der Waals surface area contributed by atoms with Gasteiger partial charge in [0.25, 0.3) is 5.91 Å². The molecule has 0 unspecified atom stereocenters. The van der Waals surface area contributed by atoms with Crippen molar-refractivity contribution < 1.29 is 18.0 Å². The van der Waals surface area contributed by atoms with E-state index in [-0.39, 0.29) is 19.0 Å². The molecule has 2 amide bonds. The topological polar surface area (TPSA) is 86.8 Å². The maximum absolute atomic E-state index is 11.7. The molecule has 0 atom stereocenters. The summed E-state index contributed by atoms with van der Waals surface area (Å²) in [6.07, 6.45) is 1.03. The van der Waals surface area contributed by atoms with Crippen LogP contribution in [0.3, 0.4) is 0 Å². The van der Waals surface area contributed by atoms with Gasteiger partial charge in [0.1, 0.15) is 0 Å². The van der Waals surface area contributed by atoms with E-state index in [1.165, 1.54) is 11.9 Å². The van der Waals surface area contributed by atoms with Crippen molar-refractivity contribution in [2.24, 2.45) is 0 Å². The number of amides is 2. The quantitative estimate of drug-likeness (QED) is 0.741. The highest BCUT2D eigenvalue weighted by molar-refractivity contribution is 7.88. The molecule has 0 spiro atoms. The van der Waals surface area contributed by atoms with Crippen LogP contribution in [0.25, 0.3) is 0 Å². The third-order valence-corrected chi connectivity index (χ3v) is 4.34. The Labute approximate surface area is 142 Å². The SMILES string of the molecule is CN(C)C(=O)c1ccc(C#CCNC(=O)CN(C)S(C)(=O)=O)cc1. The molecule has 1 rings (SSSR count). The van der Waals surface area contributed by atoms with Crippen molar-refractivity contribution in [1.29, 1.82) is 0 Å². The molecule has 0 aliphatic rings. The number of hydrogen-bond acceptors (Lipinski definition) is 4. The van der Waals surface area contributed by atoms with E-state index in [0.29, 0.717) is 11.1 Å². The second kappa shape index (κ2) is 8.47. The molecule has 0 saturated carbocycles. The summed E-state index contributed by atoms with van der Waals surface area (Å²) in [5, 5.41) is 2.52. The number of rotatable bonds is 5. The number of carbonyl (C=O) groups excluding carboxylic acids is 2. The van der Waals surface area contributed by atoms with Gasteiger partial charge in [0, 0.05) is 32.3 Å². The van der Waals surface area contributed by atoms with Crippen molar-refractivity contribution in [1.82, 2.24) is 14.5 Å². The maximum atomic E-state index is 11.7. The smallest absolute Gasteiger partial charge is 0.253 e. The largest absolute Gasteiger partial charge is 0.345 e. The first-order valence-electron chi connectivity index (χ1n) is 7.10. The second-order valence-electron chi connectivity index (χ2n) is 5.37. The summed E-state index contributed by atoms with van der Waals surface area (Å²) in [7, 11) is 1.31. The average molecular weight is 351 g/mol. The molecular weight excluding hydrogens is 330 g/mol. The Hall–Kier alpha value is -2.37. The van der Waals surface area contributed by atoms with Gasteiger partial charge >= 0.3 is 0 Å². The van der Waals surface area contributed by atoms with Crippen LogP contribution in [0, 0.1) is 11.8 Å². The molecule has 0 aliphatic carbocycles. The lowest BCUT2D eigenvalue weighted by atomic mass is 10.1. The van der Waals surface area contributed by atoms with E-state index in [9.17, 15) is 18.0 Å². The first kappa shape index (κ1) is 19.7. The van der Waals surface area contributed by atoms with Gasteiger partial charge in [-0.05, 0) is 24.3 Å². The van der Waals surface area contributed by atoms with Gasteiger partial charge in [-0.2, -0.15) is 4.31 Å². The van der Waals surface area contributed by atoms with E-state index >= 15 is 0 Å². The number of hydrogen-bond donors (Lipinski definition) is 1. The lowest BCUT2D eigenvalue weighted by molar-refractivity contribution is -0.120. The highest BCUT2D eigenvalue weighted by atomic mass is 32.2. The molecule has 130 valence electrons. The van der Waals surface area contributed by atoms with E-state index in [4.69, 9.17) is 0 Å². The van der Waals surface area contributed by atoms with Crippen molar-refractivity contribution in [3.8, 4) is 11.8 Å². The van der Waals surface area contributed by atoms with Crippen LogP contribution in [-0.2, 0) is 14.8 Å². The molecule has 0 bridgehead atoms. The van der Waals surface area contributed by atoms with Crippen LogP contribution in [0.2, 0.25) is 0 Å². The fourth-order valence-corrected chi connectivity index (χ4v) is 1.97. The number of sulfonamides is 1. The lowest BCUT2D eigenvalue weighted by Crippen LogP contribution is -2.37. The van der Waals surface area contributed by atoms with Gasteiger partial charge in [0.15, 0.2) is 0 Å². The number of benzene rings is 1. The van der Waals surface area contributed by atoms with E-state index in [1.807, 2.05) is 0 Å². The van der Waals surface area contributed by atoms with Crippen LogP contribution in [0.15, 0.2) is 24.3 Å². The average Bonchev–Trinajstić information content (AvgIpc) is 2.50. The molecular formula is C16H21N3O4S. The number of nitrogens with zero attached hydrogens (tertiary/aromatic N) is 2. The summed E-state index contributed by atoms with van der Waals surface area (Å²) < 4.78 is 23.3. The summed E-state index contributed by atoms with van der Waals surface area (Å²) in [6, 6.07) is 6.82. The van der Waals surface area contributed by atoms with Gasteiger partial charge in [-0.15, -0.1) is 0 Å². The second-order valence-corrected chi connectivity index (χ2v) is 7.46. The van der Waals surface area contributed by atoms with Crippen molar-refractivity contribution in [3.05, 3.63) is 35.4 Å². The molecule has 0 saturated heterocycles. The van der Waals surface area contributed by atoms with Crippen molar-refractivity contribution >= 4 is 21.8 Å². The van der Waals surface area contributed by atoms with Crippen LogP contribution in [-0.4, -0.2) is 69.9 Å². The third kappa shape index (κ3) is 6.40. The molecule has 0 aliphatic heterocycles. The molecule has 0 fully saturated rings. The maximum Gasteiger partial charge on any atom is 0.253 e. The minimum absolute atomic E-state index is 0.0863. The number of likely N-dealkylation sites (N-methyl/N-ethyl adjacent to an activating group) is 1. The summed E-state index contributed by atoms with van der Waals surface area (Å²) in [4.78, 5) is 24.8. The Kier molecular flexibility index (Phi) is 6.95. The van der Waals surface area contributed by atoms with E-state index in [0.717, 1.165) is 10.6 Å². The monoisotopic (exact) mass is 351 g/mol. The first-order valence-corrected chi connectivity index (χ1v) is 8.94. The summed E-state index contributed by atoms with van der Waals surface area (Å²) in [5.74, 6) is 5.12. The zero-order valence-corrected chi connectivity index (χ0v) is 15.0. The minimum Gasteiger partial charge on any atom is -0.345 e. The summed E-state index contributed by atoms with van der Waals surface area (Å²) >= 11 is 0. The van der Waals surface area contributed by atoms with Gasteiger partial charge in [0.2, 0.25) is 15.9 Å². The van der Waals surface area contributed by atoms with E-state index in [2.05, 4.69) is 17.2 Å². The Morgan fingerprint density at radius 2 is 1.71 bits per heavy atom. The molecule has 0 aromatic heterocycles. The predicted molar refractivity (Wildman–Crippen MR) is 91.8 cm³/mol. The predicted octanol–water partition coefficient (Wildman–Crippen LogP) is -0.252. The van der Waals surface area contributed by atoms with Crippen molar-refractivity contribution in [2.45, 2.75) is 0 Å². The minimum atomic E-state index is -3.38. The molecule has 24 heavy (non-hydrogen) atoms. The molecule has 8 heteroatoms. The van der Waals surface area contributed by atoms with E-state index in [1.54, 1.807) is 38.4 Å². The Balaban J connectivity index is 2.52. The molecule has 0 heterocycles. The Bertz CT molecular complexity index is 759. The molecule has 1 aromatic carbocycles. The highest BCUT2D eigenvalue weighted by Gasteiger charge is 2.14. The molecule has 0 radical (unpaired) electrons. The summed E-state index contributed by atoms with van der Waals surface area (Å²) in [5.41, 5.74) is 1.29. The van der Waals surface area contributed by atoms with Crippen LogP contribution >= 0.6 is 0 Å². The zero-order chi connectivity index (χ0) is 18.3. The Morgan fingerprint density at radius 3 is 2.21 bits per heavy atom. The molecule has 1 aromatic rings. The molecule has 1 N–H and O–H groups in total. The number of nitrogens with one attached hydrogen (secondary N) is 1. The van der Waals surface area contributed by atoms with Crippen LogP contribution in [0.5, 0.6) is 0 Å². The van der Waals surface area contributed by atoms with Crippen LogP contribution in [0.1, 0.15) is 15.9 Å². The highest BCUT2D eigenvalue weighted by Crippen LogP contribution is 2.05. The Morgan fingerprint density at radius 1 is 1.12 bits per heavy atom. The van der Waals surface area contributed by atoms with Crippen LogP contribution in [0.4, 0.5) is 0 Å². The van der Waals surface area contributed by atoms with E-state index < -0.39 is 15.9 Å². The standard InChI is InChI=1S/C16H21N3O4S/c1-18(2)16(21)14-9-7-13(8-10-14)6-5-11-17-15(20)12-19(3)24(4,22)23/h7-10H,11-12H2,1-4H3,(H,17,20). The fourth-order valence-electron chi connectivity index (χ4n) is 1.62. The van der Waals surface area contributed by atoms with Crippen molar-refractivity contribution in [3.63, 3.8) is 0 Å². The normalized spacial score (nSPS) is 10.7. The molecule has 7 nitrogen and oxygen atoms in total. The van der Waals surface area contributed by atoms with Crippen molar-refractivity contribution in [2.75, 3.05) is 40.5 Å². The fraction of sp³-hybridized carbons (Fsp3) is 0.375. The zero-order valence-electron chi connectivity index (χ0n) is 14.2. The van der Waals surface area contributed by atoms with Crippen LogP contribution < -0.4 is 5.32 Å². The summed E-state index contributed by atoms with van der Waals surface area (Å²) in [6.45, 7) is -0.142. The van der Waals surface area contributed by atoms with Gasteiger partial charge in [-0.3, -0.25) is 9.59 Å². The first-order chi connectivity index (χ1) is 11.1. The number of carbonyl (C=O) groups is 2. The third-order valence-electron chi connectivity index (χ3n) is 3.08. The van der Waals surface area contributed by atoms with Gasteiger partial charge in [0.05, 0.1) is 19.3 Å². The van der Waals surface area contributed by atoms with Gasteiger partial charge in [-0.1, -0.05) is 11.8 Å². The lowest BCUT2D eigenvalue weighted by Gasteiger charge is -2.12.